The molecule has 0 aromatic heterocycles. The van der Waals surface area contributed by atoms with Crippen LogP contribution in [0.3, 0.4) is 0 Å². The van der Waals surface area contributed by atoms with E-state index in [1.807, 2.05) is 6.07 Å². The van der Waals surface area contributed by atoms with Crippen LogP contribution in [0.5, 0.6) is 5.75 Å². The molecule has 0 spiro atoms. The zero-order chi connectivity index (χ0) is 11.4. The van der Waals surface area contributed by atoms with Crippen LogP contribution in [0.25, 0.3) is 0 Å². The van der Waals surface area contributed by atoms with Crippen molar-refractivity contribution >= 4 is 0 Å². The first-order valence-electron chi connectivity index (χ1n) is 5.67. The molecule has 16 heavy (non-hydrogen) atoms. The first kappa shape index (κ1) is 10.1. The summed E-state index contributed by atoms with van der Waals surface area (Å²) < 4.78 is 18.5. The average Bonchev–Trinajstić information content (AvgIpc) is 2.15. The second kappa shape index (κ2) is 2.98. The van der Waals surface area contributed by atoms with Gasteiger partial charge in [0.15, 0.2) is 11.6 Å². The molecule has 3 saturated carbocycles. The second-order valence-corrected chi connectivity index (χ2v) is 5.36. The Morgan fingerprint density at radius 2 is 2.06 bits per heavy atom. The first-order valence-corrected chi connectivity index (χ1v) is 5.67. The molecule has 1 aromatic rings. The Hall–Kier alpha value is -1.09. The summed E-state index contributed by atoms with van der Waals surface area (Å²) in [5.74, 6) is 0.0652. The molecular weight excluding hydrogens is 205 g/mol. The third-order valence-corrected chi connectivity index (χ3v) is 4.34. The van der Waals surface area contributed by atoms with E-state index >= 15 is 0 Å². The minimum atomic E-state index is -0.258. The van der Waals surface area contributed by atoms with Crippen molar-refractivity contribution in [2.24, 2.45) is 11.1 Å². The van der Waals surface area contributed by atoms with E-state index in [4.69, 9.17) is 10.5 Å². The number of nitrogens with two attached hydrogens (primary N) is 1. The molecule has 3 aliphatic carbocycles. The number of halogens is 1. The highest BCUT2D eigenvalue weighted by Gasteiger charge is 2.67. The van der Waals surface area contributed by atoms with E-state index in [0.29, 0.717) is 11.2 Å². The molecule has 0 unspecified atom stereocenters. The van der Waals surface area contributed by atoms with Crippen LogP contribution in [-0.4, -0.2) is 13.7 Å². The lowest BCUT2D eigenvalue weighted by atomic mass is 9.33. The van der Waals surface area contributed by atoms with Crippen molar-refractivity contribution in [3.8, 4) is 5.75 Å². The van der Waals surface area contributed by atoms with Gasteiger partial charge in [-0.3, -0.25) is 0 Å². The molecule has 2 nitrogen and oxygen atoms in total. The summed E-state index contributed by atoms with van der Waals surface area (Å²) in [5, 5.41) is 0. The molecule has 4 rings (SSSR count). The molecule has 0 aliphatic heterocycles. The first-order chi connectivity index (χ1) is 7.63. The van der Waals surface area contributed by atoms with Crippen molar-refractivity contribution in [3.05, 3.63) is 29.6 Å². The summed E-state index contributed by atoms with van der Waals surface area (Å²) in [7, 11) is 1.49. The number of methoxy groups -OCH3 is 1. The fraction of sp³-hybridized carbons (Fsp3) is 0.538. The summed E-state index contributed by atoms with van der Waals surface area (Å²) >= 11 is 0. The quantitative estimate of drug-likeness (QED) is 0.849. The van der Waals surface area contributed by atoms with Gasteiger partial charge in [0.05, 0.1) is 7.11 Å². The molecule has 0 amide bonds. The second-order valence-electron chi connectivity index (χ2n) is 5.36. The van der Waals surface area contributed by atoms with Crippen molar-refractivity contribution in [1.82, 2.24) is 0 Å². The molecule has 86 valence electrons. The Balaban J connectivity index is 1.85. The number of hydrogen-bond donors (Lipinski definition) is 1. The van der Waals surface area contributed by atoms with E-state index in [1.165, 1.54) is 7.11 Å². The van der Waals surface area contributed by atoms with Gasteiger partial charge in [-0.15, -0.1) is 0 Å². The van der Waals surface area contributed by atoms with Crippen molar-refractivity contribution in [2.45, 2.75) is 24.7 Å². The maximum atomic E-state index is 13.6. The molecule has 0 atom stereocenters. The van der Waals surface area contributed by atoms with Crippen LogP contribution < -0.4 is 10.5 Å². The summed E-state index contributed by atoms with van der Waals surface area (Å²) in [5.41, 5.74) is 7.45. The normalized spacial score (nSPS) is 35.2. The van der Waals surface area contributed by atoms with Crippen molar-refractivity contribution in [2.75, 3.05) is 13.7 Å². The number of benzene rings is 1. The van der Waals surface area contributed by atoms with Crippen LogP contribution in [0.4, 0.5) is 4.39 Å². The highest BCUT2D eigenvalue weighted by molar-refractivity contribution is 5.42. The highest BCUT2D eigenvalue weighted by Crippen LogP contribution is 2.73. The summed E-state index contributed by atoms with van der Waals surface area (Å²) in [6.07, 6.45) is 3.38. The number of ether oxygens (including phenoxy) is 1. The van der Waals surface area contributed by atoms with E-state index in [-0.39, 0.29) is 11.2 Å². The SMILES string of the molecule is COc1ccc(C23CC(CN)(C2)C3)cc1F. The van der Waals surface area contributed by atoms with Gasteiger partial charge in [0, 0.05) is 0 Å². The van der Waals surface area contributed by atoms with Gasteiger partial charge in [-0.2, -0.15) is 0 Å². The summed E-state index contributed by atoms with van der Waals surface area (Å²) in [6, 6.07) is 5.33. The number of rotatable bonds is 3. The van der Waals surface area contributed by atoms with Crippen LogP contribution in [0.1, 0.15) is 24.8 Å². The van der Waals surface area contributed by atoms with Crippen LogP contribution in [0.2, 0.25) is 0 Å². The van der Waals surface area contributed by atoms with Gasteiger partial charge in [-0.1, -0.05) is 6.07 Å². The number of hydrogen-bond acceptors (Lipinski definition) is 2. The van der Waals surface area contributed by atoms with E-state index in [1.54, 1.807) is 12.1 Å². The van der Waals surface area contributed by atoms with Gasteiger partial charge >= 0.3 is 0 Å². The third kappa shape index (κ3) is 1.09. The predicted molar refractivity (Wildman–Crippen MR) is 60.0 cm³/mol. The largest absolute Gasteiger partial charge is 0.494 e. The molecule has 0 saturated heterocycles. The average molecular weight is 221 g/mol. The zero-order valence-electron chi connectivity index (χ0n) is 9.42. The van der Waals surface area contributed by atoms with Crippen molar-refractivity contribution in [3.63, 3.8) is 0 Å². The Labute approximate surface area is 94.6 Å². The molecule has 2 N–H and O–H groups in total. The molecule has 0 radical (unpaired) electrons. The summed E-state index contributed by atoms with van der Waals surface area (Å²) in [4.78, 5) is 0. The minimum absolute atomic E-state index is 0.229. The lowest BCUT2D eigenvalue weighted by Gasteiger charge is -2.71. The van der Waals surface area contributed by atoms with Gasteiger partial charge < -0.3 is 10.5 Å². The Morgan fingerprint density at radius 1 is 1.38 bits per heavy atom. The monoisotopic (exact) mass is 221 g/mol. The van der Waals surface area contributed by atoms with E-state index < -0.39 is 0 Å². The Morgan fingerprint density at radius 3 is 2.56 bits per heavy atom. The standard InChI is InChI=1S/C13H16FNO/c1-16-11-3-2-9(4-10(11)14)13-5-12(6-13,7-13)8-15/h2-4H,5-8,15H2,1H3. The molecule has 3 heteroatoms. The van der Waals surface area contributed by atoms with Gasteiger partial charge in [0.2, 0.25) is 0 Å². The highest BCUT2D eigenvalue weighted by atomic mass is 19.1. The van der Waals surface area contributed by atoms with E-state index in [9.17, 15) is 4.39 Å². The minimum Gasteiger partial charge on any atom is -0.494 e. The van der Waals surface area contributed by atoms with Crippen molar-refractivity contribution in [1.29, 1.82) is 0 Å². The molecular formula is C13H16FNO. The fourth-order valence-corrected chi connectivity index (χ4v) is 3.52. The van der Waals surface area contributed by atoms with Crippen LogP contribution in [0, 0.1) is 11.2 Å². The van der Waals surface area contributed by atoms with E-state index in [0.717, 1.165) is 31.4 Å². The van der Waals surface area contributed by atoms with Crippen LogP contribution in [0.15, 0.2) is 18.2 Å². The molecule has 3 fully saturated rings. The van der Waals surface area contributed by atoms with Gasteiger partial charge in [0.25, 0.3) is 0 Å². The van der Waals surface area contributed by atoms with Crippen molar-refractivity contribution < 1.29 is 9.13 Å². The topological polar surface area (TPSA) is 35.2 Å². The van der Waals surface area contributed by atoms with Gasteiger partial charge in [-0.25, -0.2) is 4.39 Å². The zero-order valence-corrected chi connectivity index (χ0v) is 9.42. The Kier molecular flexibility index (Phi) is 1.88. The molecule has 3 aliphatic rings. The third-order valence-electron chi connectivity index (χ3n) is 4.34. The lowest BCUT2D eigenvalue weighted by molar-refractivity contribution is -0.132. The summed E-state index contributed by atoms with van der Waals surface area (Å²) in [6.45, 7) is 0.771. The maximum Gasteiger partial charge on any atom is 0.165 e. The smallest absolute Gasteiger partial charge is 0.165 e. The predicted octanol–water partition coefficient (Wildman–Crippen LogP) is 2.21. The molecule has 1 aromatic carbocycles. The Bertz CT molecular complexity index is 424. The van der Waals surface area contributed by atoms with Crippen LogP contribution in [-0.2, 0) is 5.41 Å². The molecule has 0 heterocycles. The lowest BCUT2D eigenvalue weighted by Crippen LogP contribution is -2.67. The maximum absolute atomic E-state index is 13.6. The van der Waals surface area contributed by atoms with Gasteiger partial charge in [0.1, 0.15) is 0 Å². The van der Waals surface area contributed by atoms with Gasteiger partial charge in [-0.05, 0) is 54.3 Å². The fourth-order valence-electron chi connectivity index (χ4n) is 3.52. The van der Waals surface area contributed by atoms with Crippen LogP contribution >= 0.6 is 0 Å². The molecule has 2 bridgehead atoms. The van der Waals surface area contributed by atoms with E-state index in [2.05, 4.69) is 0 Å².